The Balaban J connectivity index is 2.02. The number of nitrogens with two attached hydrogens (primary N) is 1. The third-order valence-corrected chi connectivity index (χ3v) is 3.92. The van der Waals surface area contributed by atoms with Crippen LogP contribution in [0.2, 0.25) is 0 Å². The first-order chi connectivity index (χ1) is 9.85. The van der Waals surface area contributed by atoms with Crippen LogP contribution < -0.4 is 11.1 Å². The first-order valence-electron chi connectivity index (χ1n) is 7.48. The first-order valence-corrected chi connectivity index (χ1v) is 7.48. The number of hydrogen-bond donors (Lipinski definition) is 3. The van der Waals surface area contributed by atoms with E-state index in [0.717, 1.165) is 12.1 Å². The SMILES string of the molecule is CC(C)(C)Cc1cc(NC(=O)C2(CN)CCOCC2)n[nH]1. The number of ether oxygens (including phenoxy) is 1. The van der Waals surface area contributed by atoms with Crippen molar-refractivity contribution in [2.24, 2.45) is 16.6 Å². The lowest BCUT2D eigenvalue weighted by atomic mass is 9.79. The molecule has 2 heterocycles. The summed E-state index contributed by atoms with van der Waals surface area (Å²) in [5.74, 6) is 0.515. The Labute approximate surface area is 125 Å². The van der Waals surface area contributed by atoms with Gasteiger partial charge in [0.2, 0.25) is 5.91 Å². The topological polar surface area (TPSA) is 93.0 Å². The number of nitrogens with zero attached hydrogens (tertiary/aromatic N) is 1. The Hall–Kier alpha value is -1.40. The second-order valence-electron chi connectivity index (χ2n) is 7.07. The van der Waals surface area contributed by atoms with Gasteiger partial charge in [-0.2, -0.15) is 5.10 Å². The minimum absolute atomic E-state index is 0.0536. The highest BCUT2D eigenvalue weighted by Gasteiger charge is 2.39. The van der Waals surface area contributed by atoms with Crippen LogP contribution in [0.4, 0.5) is 5.82 Å². The van der Waals surface area contributed by atoms with Gasteiger partial charge < -0.3 is 15.8 Å². The van der Waals surface area contributed by atoms with E-state index in [1.165, 1.54) is 0 Å². The van der Waals surface area contributed by atoms with Crippen LogP contribution in [0.1, 0.15) is 39.3 Å². The van der Waals surface area contributed by atoms with Gasteiger partial charge in [-0.05, 0) is 24.7 Å². The zero-order valence-corrected chi connectivity index (χ0v) is 13.2. The van der Waals surface area contributed by atoms with Gasteiger partial charge >= 0.3 is 0 Å². The molecule has 0 spiro atoms. The van der Waals surface area contributed by atoms with E-state index in [4.69, 9.17) is 10.5 Å². The van der Waals surface area contributed by atoms with Gasteiger partial charge in [0.1, 0.15) is 0 Å². The number of hydrogen-bond acceptors (Lipinski definition) is 4. The molecule has 1 aromatic heterocycles. The summed E-state index contributed by atoms with van der Waals surface area (Å²) in [7, 11) is 0. The van der Waals surface area contributed by atoms with Gasteiger partial charge in [0.15, 0.2) is 5.82 Å². The van der Waals surface area contributed by atoms with Crippen LogP contribution in [0.25, 0.3) is 0 Å². The zero-order valence-electron chi connectivity index (χ0n) is 13.2. The standard InChI is InChI=1S/C15H26N4O2/c1-14(2,3)9-11-8-12(19-18-11)17-13(20)15(10-16)4-6-21-7-5-15/h8H,4-7,9-10,16H2,1-3H3,(H2,17,18,19,20). The van der Waals surface area contributed by atoms with Crippen LogP contribution in [0, 0.1) is 10.8 Å². The van der Waals surface area contributed by atoms with Crippen LogP contribution in [-0.2, 0) is 16.0 Å². The zero-order chi connectivity index (χ0) is 15.5. The number of anilines is 1. The van der Waals surface area contributed by atoms with Crippen molar-refractivity contribution >= 4 is 11.7 Å². The monoisotopic (exact) mass is 294 g/mol. The molecule has 0 aromatic carbocycles. The summed E-state index contributed by atoms with van der Waals surface area (Å²) in [6, 6.07) is 1.90. The molecule has 0 atom stereocenters. The van der Waals surface area contributed by atoms with E-state index >= 15 is 0 Å². The summed E-state index contributed by atoms with van der Waals surface area (Å²) in [4.78, 5) is 12.5. The molecule has 0 unspecified atom stereocenters. The molecule has 1 aliphatic heterocycles. The van der Waals surface area contributed by atoms with Crippen molar-refractivity contribution in [1.29, 1.82) is 0 Å². The molecular weight excluding hydrogens is 268 g/mol. The average molecular weight is 294 g/mol. The second kappa shape index (κ2) is 6.15. The Bertz CT molecular complexity index is 484. The van der Waals surface area contributed by atoms with Gasteiger partial charge in [0, 0.05) is 31.5 Å². The lowest BCUT2D eigenvalue weighted by Gasteiger charge is -2.34. The molecule has 1 fully saturated rings. The number of amides is 1. The van der Waals surface area contributed by atoms with E-state index in [-0.39, 0.29) is 11.3 Å². The van der Waals surface area contributed by atoms with Crippen molar-refractivity contribution in [3.05, 3.63) is 11.8 Å². The Morgan fingerprint density at radius 2 is 2.14 bits per heavy atom. The smallest absolute Gasteiger partial charge is 0.233 e. The van der Waals surface area contributed by atoms with E-state index < -0.39 is 5.41 Å². The van der Waals surface area contributed by atoms with Crippen LogP contribution >= 0.6 is 0 Å². The van der Waals surface area contributed by atoms with Crippen LogP contribution in [0.3, 0.4) is 0 Å². The fourth-order valence-corrected chi connectivity index (χ4v) is 2.62. The molecule has 4 N–H and O–H groups in total. The first kappa shape index (κ1) is 16.0. The molecule has 118 valence electrons. The van der Waals surface area contributed by atoms with E-state index in [2.05, 4.69) is 36.3 Å². The van der Waals surface area contributed by atoms with E-state index in [9.17, 15) is 4.79 Å². The van der Waals surface area contributed by atoms with Gasteiger partial charge in [-0.1, -0.05) is 20.8 Å². The highest BCUT2D eigenvalue weighted by molar-refractivity contribution is 5.94. The van der Waals surface area contributed by atoms with Gasteiger partial charge in [-0.3, -0.25) is 9.89 Å². The summed E-state index contributed by atoms with van der Waals surface area (Å²) in [6.45, 7) is 8.00. The number of aromatic nitrogens is 2. The molecule has 0 saturated carbocycles. The van der Waals surface area contributed by atoms with Gasteiger partial charge in [-0.25, -0.2) is 0 Å². The molecule has 0 aliphatic carbocycles. The number of nitrogens with one attached hydrogen (secondary N) is 2. The van der Waals surface area contributed by atoms with E-state index in [1.54, 1.807) is 0 Å². The number of carbonyl (C=O) groups excluding carboxylic acids is 1. The molecule has 6 nitrogen and oxygen atoms in total. The Kier molecular flexibility index (Phi) is 4.68. The Morgan fingerprint density at radius 1 is 1.48 bits per heavy atom. The highest BCUT2D eigenvalue weighted by atomic mass is 16.5. The number of rotatable bonds is 4. The van der Waals surface area contributed by atoms with Crippen molar-refractivity contribution in [3.63, 3.8) is 0 Å². The largest absolute Gasteiger partial charge is 0.381 e. The third kappa shape index (κ3) is 4.04. The normalized spacial score (nSPS) is 18.5. The van der Waals surface area contributed by atoms with Crippen molar-refractivity contribution in [2.45, 2.75) is 40.0 Å². The molecular formula is C15H26N4O2. The van der Waals surface area contributed by atoms with E-state index in [0.29, 0.717) is 38.4 Å². The number of carbonyl (C=O) groups is 1. The van der Waals surface area contributed by atoms with Crippen LogP contribution in [0.15, 0.2) is 6.07 Å². The summed E-state index contributed by atoms with van der Waals surface area (Å²) in [5, 5.41) is 10.0. The molecule has 1 aromatic rings. The van der Waals surface area contributed by atoms with Crippen LogP contribution in [-0.4, -0.2) is 35.9 Å². The maximum absolute atomic E-state index is 12.5. The molecule has 1 amide bonds. The van der Waals surface area contributed by atoms with Gasteiger partial charge in [0.05, 0.1) is 5.41 Å². The maximum Gasteiger partial charge on any atom is 0.233 e. The fraction of sp³-hybridized carbons (Fsp3) is 0.733. The summed E-state index contributed by atoms with van der Waals surface area (Å²) < 4.78 is 5.33. The molecule has 6 heteroatoms. The minimum atomic E-state index is -0.526. The van der Waals surface area contributed by atoms with Crippen molar-refractivity contribution < 1.29 is 9.53 Å². The predicted octanol–water partition coefficient (Wildman–Crippen LogP) is 1.69. The molecule has 1 aliphatic rings. The summed E-state index contributed by atoms with van der Waals surface area (Å²) in [5.41, 5.74) is 6.50. The summed E-state index contributed by atoms with van der Waals surface area (Å²) >= 11 is 0. The lowest BCUT2D eigenvalue weighted by Crippen LogP contribution is -2.46. The molecule has 21 heavy (non-hydrogen) atoms. The summed E-state index contributed by atoms with van der Waals surface area (Å²) in [6.07, 6.45) is 2.20. The minimum Gasteiger partial charge on any atom is -0.381 e. The van der Waals surface area contributed by atoms with Crippen molar-refractivity contribution in [2.75, 3.05) is 25.1 Å². The van der Waals surface area contributed by atoms with Crippen molar-refractivity contribution in [1.82, 2.24) is 10.2 Å². The molecule has 2 rings (SSSR count). The second-order valence-corrected chi connectivity index (χ2v) is 7.07. The van der Waals surface area contributed by atoms with E-state index in [1.807, 2.05) is 6.07 Å². The number of aromatic amines is 1. The average Bonchev–Trinajstić information content (AvgIpc) is 2.84. The van der Waals surface area contributed by atoms with Crippen molar-refractivity contribution in [3.8, 4) is 0 Å². The highest BCUT2D eigenvalue weighted by Crippen LogP contribution is 2.31. The lowest BCUT2D eigenvalue weighted by molar-refractivity contribution is -0.130. The molecule has 0 radical (unpaired) electrons. The quantitative estimate of drug-likeness (QED) is 0.788. The van der Waals surface area contributed by atoms with Gasteiger partial charge in [-0.15, -0.1) is 0 Å². The molecule has 1 saturated heterocycles. The predicted molar refractivity (Wildman–Crippen MR) is 81.9 cm³/mol. The number of H-pyrrole nitrogens is 1. The fourth-order valence-electron chi connectivity index (χ4n) is 2.62. The maximum atomic E-state index is 12.5. The van der Waals surface area contributed by atoms with Crippen LogP contribution in [0.5, 0.6) is 0 Å². The van der Waals surface area contributed by atoms with Gasteiger partial charge in [0.25, 0.3) is 0 Å². The third-order valence-electron chi connectivity index (χ3n) is 3.92. The molecule has 0 bridgehead atoms. The Morgan fingerprint density at radius 3 is 2.71 bits per heavy atom.